The van der Waals surface area contributed by atoms with Crippen LogP contribution >= 0.6 is 0 Å². The van der Waals surface area contributed by atoms with E-state index in [1.165, 1.54) is 0 Å². The number of fused-ring (bicyclic) bond motifs is 2. The minimum atomic E-state index is -1.16. The molecule has 0 N–H and O–H groups in total. The lowest BCUT2D eigenvalue weighted by Gasteiger charge is -2.29. The third-order valence-corrected chi connectivity index (χ3v) is 8.53. The van der Waals surface area contributed by atoms with Crippen LogP contribution < -0.4 is 0 Å². The van der Waals surface area contributed by atoms with Gasteiger partial charge in [0.2, 0.25) is 0 Å². The van der Waals surface area contributed by atoms with Crippen molar-refractivity contribution in [3.05, 3.63) is 48.5 Å². The molecule has 35 heavy (non-hydrogen) atoms. The zero-order valence-corrected chi connectivity index (χ0v) is 22.3. The van der Waals surface area contributed by atoms with Crippen molar-refractivity contribution in [3.63, 3.8) is 0 Å². The van der Waals surface area contributed by atoms with Crippen LogP contribution in [0.2, 0.25) is 25.7 Å². The molecule has 0 bridgehead atoms. The number of ether oxygens (including phenoxy) is 2. The highest BCUT2D eigenvalue weighted by atomic mass is 28.3. The molecule has 186 valence electrons. The van der Waals surface area contributed by atoms with Gasteiger partial charge in [-0.3, -0.25) is 0 Å². The van der Waals surface area contributed by atoms with E-state index in [2.05, 4.69) is 58.5 Å². The number of aromatic nitrogens is 5. The maximum atomic E-state index is 6.40. The molecule has 1 aliphatic heterocycles. The van der Waals surface area contributed by atoms with E-state index >= 15 is 0 Å². The van der Waals surface area contributed by atoms with E-state index in [9.17, 15) is 0 Å². The van der Waals surface area contributed by atoms with Gasteiger partial charge in [-0.15, -0.1) is 0 Å². The van der Waals surface area contributed by atoms with Gasteiger partial charge in [-0.2, -0.15) is 14.8 Å². The first-order chi connectivity index (χ1) is 16.9. The Hall–Kier alpha value is -2.59. The highest BCUT2D eigenvalue weighted by molar-refractivity contribution is 6.76. The molecule has 1 saturated heterocycles. The maximum Gasteiger partial charge on any atom is 0.142 e. The molecule has 0 atom stereocenters. The predicted octanol–water partition coefficient (Wildman–Crippen LogP) is 4.67. The number of rotatable bonds is 9. The molecule has 8 nitrogen and oxygen atoms in total. The van der Waals surface area contributed by atoms with Crippen LogP contribution in [0.3, 0.4) is 0 Å². The van der Waals surface area contributed by atoms with Crippen LogP contribution in [0.15, 0.2) is 42.9 Å². The quantitative estimate of drug-likeness (QED) is 0.250. The van der Waals surface area contributed by atoms with Crippen LogP contribution in [-0.4, -0.2) is 70.2 Å². The molecule has 0 spiro atoms. The fraction of sp³-hybridized carbons (Fsp3) is 0.500. The normalized spacial score (nSPS) is 16.0. The van der Waals surface area contributed by atoms with E-state index < -0.39 is 8.07 Å². The van der Waals surface area contributed by atoms with E-state index in [0.29, 0.717) is 19.4 Å². The van der Waals surface area contributed by atoms with Crippen LogP contribution in [0.4, 0.5) is 0 Å². The number of hydrogen-bond acceptors (Lipinski definition) is 6. The topological polar surface area (TPSA) is 69.7 Å². The van der Waals surface area contributed by atoms with E-state index in [4.69, 9.17) is 14.5 Å². The second kappa shape index (κ2) is 10.2. The smallest absolute Gasteiger partial charge is 0.142 e. The maximum absolute atomic E-state index is 6.40. The van der Waals surface area contributed by atoms with Crippen LogP contribution in [-0.2, 0) is 22.8 Å². The molecule has 0 aliphatic carbocycles. The summed E-state index contributed by atoms with van der Waals surface area (Å²) in [6, 6.07) is 9.40. The van der Waals surface area contributed by atoms with Gasteiger partial charge in [-0.1, -0.05) is 19.6 Å². The molecule has 0 amide bonds. The summed E-state index contributed by atoms with van der Waals surface area (Å²) in [5, 5.41) is 9.86. The molecular formula is C26H36N6O2Si. The van der Waals surface area contributed by atoms with Gasteiger partial charge >= 0.3 is 0 Å². The van der Waals surface area contributed by atoms with Crippen molar-refractivity contribution in [2.24, 2.45) is 0 Å². The Bertz CT molecular complexity index is 1290. The van der Waals surface area contributed by atoms with Gasteiger partial charge in [-0.25, -0.2) is 4.98 Å². The molecule has 4 aromatic heterocycles. The Morgan fingerprint density at radius 3 is 2.69 bits per heavy atom. The Morgan fingerprint density at radius 2 is 1.89 bits per heavy atom. The highest BCUT2D eigenvalue weighted by Gasteiger charge is 2.21. The van der Waals surface area contributed by atoms with Gasteiger partial charge in [0.25, 0.3) is 0 Å². The average Bonchev–Trinajstić information content (AvgIpc) is 3.42. The van der Waals surface area contributed by atoms with E-state index in [1.54, 1.807) is 10.8 Å². The summed E-state index contributed by atoms with van der Waals surface area (Å²) in [5.41, 5.74) is 5.13. The molecule has 4 aromatic rings. The van der Waals surface area contributed by atoms with Crippen molar-refractivity contribution in [3.8, 4) is 11.1 Å². The first-order valence-corrected chi connectivity index (χ1v) is 16.2. The number of piperidine rings is 1. The number of nitrogens with zero attached hydrogens (tertiary/aromatic N) is 6. The molecule has 9 heteroatoms. The SMILES string of the molecule is CN1CCC(OCc2cc3c(-c4cnn5ncccc45)ccnc3n2COCC[Si](C)(C)C)CC1. The zero-order valence-electron chi connectivity index (χ0n) is 21.3. The van der Waals surface area contributed by atoms with Crippen LogP contribution in [0.5, 0.6) is 0 Å². The summed E-state index contributed by atoms with van der Waals surface area (Å²) in [6.45, 7) is 11.1. The minimum Gasteiger partial charge on any atom is -0.372 e. The van der Waals surface area contributed by atoms with Gasteiger partial charge in [0.15, 0.2) is 0 Å². The highest BCUT2D eigenvalue weighted by Crippen LogP contribution is 2.33. The van der Waals surface area contributed by atoms with Crippen molar-refractivity contribution in [2.75, 3.05) is 26.7 Å². The van der Waals surface area contributed by atoms with Gasteiger partial charge in [0, 0.05) is 56.8 Å². The first-order valence-electron chi connectivity index (χ1n) is 12.5. The Kier molecular flexibility index (Phi) is 7.01. The number of likely N-dealkylation sites (tertiary alicyclic amines) is 1. The van der Waals surface area contributed by atoms with E-state index in [1.807, 2.05) is 24.5 Å². The van der Waals surface area contributed by atoms with Gasteiger partial charge in [0.1, 0.15) is 12.4 Å². The molecule has 5 rings (SSSR count). The molecule has 1 fully saturated rings. The lowest BCUT2D eigenvalue weighted by Crippen LogP contribution is -2.34. The van der Waals surface area contributed by atoms with Crippen LogP contribution in [0, 0.1) is 0 Å². The molecule has 5 heterocycles. The first kappa shape index (κ1) is 24.1. The predicted molar refractivity (Wildman–Crippen MR) is 141 cm³/mol. The van der Waals surface area contributed by atoms with Crippen LogP contribution in [0.1, 0.15) is 18.5 Å². The van der Waals surface area contributed by atoms with Crippen molar-refractivity contribution >= 4 is 24.6 Å². The summed E-state index contributed by atoms with van der Waals surface area (Å²) >= 11 is 0. The molecule has 0 saturated carbocycles. The van der Waals surface area contributed by atoms with Crippen LogP contribution in [0.25, 0.3) is 27.7 Å². The Balaban J connectivity index is 1.46. The van der Waals surface area contributed by atoms with E-state index in [0.717, 1.165) is 72.0 Å². The standard InChI is InChI=1S/C26H36N6O2Si/c1-30-12-8-21(9-13-30)34-18-20-16-23-22(24-17-29-32-25(24)6-5-10-28-32)7-11-27-26(23)31(20)19-33-14-15-35(2,3)4/h5-7,10-11,16-17,21H,8-9,12-15,18-19H2,1-4H3. The van der Waals surface area contributed by atoms with Crippen molar-refractivity contribution in [2.45, 2.75) is 58.0 Å². The second-order valence-electron chi connectivity index (χ2n) is 10.8. The summed E-state index contributed by atoms with van der Waals surface area (Å²) in [4.78, 5) is 7.14. The van der Waals surface area contributed by atoms with Gasteiger partial charge in [0.05, 0.1) is 24.4 Å². The second-order valence-corrected chi connectivity index (χ2v) is 16.4. The molecule has 1 aliphatic rings. The lowest BCUT2D eigenvalue weighted by molar-refractivity contribution is -0.00321. The van der Waals surface area contributed by atoms with Crippen molar-refractivity contribution in [1.29, 1.82) is 0 Å². The summed E-state index contributed by atoms with van der Waals surface area (Å²) < 4.78 is 16.4. The molecular weight excluding hydrogens is 456 g/mol. The summed E-state index contributed by atoms with van der Waals surface area (Å²) in [6.07, 6.45) is 7.94. The van der Waals surface area contributed by atoms with Gasteiger partial charge in [-0.05, 0) is 55.8 Å². The Morgan fingerprint density at radius 1 is 1.06 bits per heavy atom. The van der Waals surface area contributed by atoms with Gasteiger partial charge < -0.3 is 18.9 Å². The monoisotopic (exact) mass is 492 g/mol. The van der Waals surface area contributed by atoms with Crippen molar-refractivity contribution < 1.29 is 9.47 Å². The molecule has 0 unspecified atom stereocenters. The summed E-state index contributed by atoms with van der Waals surface area (Å²) in [5.74, 6) is 0. The molecule has 0 aromatic carbocycles. The fourth-order valence-corrected chi connectivity index (χ4v) is 5.38. The largest absolute Gasteiger partial charge is 0.372 e. The number of hydrogen-bond donors (Lipinski definition) is 0. The Labute approximate surface area is 207 Å². The zero-order chi connectivity index (χ0) is 24.4. The van der Waals surface area contributed by atoms with Crippen molar-refractivity contribution in [1.82, 2.24) is 29.3 Å². The minimum absolute atomic E-state index is 0.295. The fourth-order valence-electron chi connectivity index (χ4n) is 4.63. The average molecular weight is 493 g/mol. The third-order valence-electron chi connectivity index (χ3n) is 6.83. The summed E-state index contributed by atoms with van der Waals surface area (Å²) in [7, 11) is 1.02. The number of pyridine rings is 1. The lowest BCUT2D eigenvalue weighted by atomic mass is 10.1. The van der Waals surface area contributed by atoms with E-state index in [-0.39, 0.29) is 0 Å². The third kappa shape index (κ3) is 5.48. The molecule has 0 radical (unpaired) electrons.